The minimum Gasteiger partial charge on any atom is -0.310 e. The predicted octanol–water partition coefficient (Wildman–Crippen LogP) is 5.74. The molecule has 0 saturated heterocycles. The molecule has 1 aliphatic heterocycles. The van der Waals surface area contributed by atoms with Crippen LogP contribution in [0.25, 0.3) is 0 Å². The third-order valence-corrected chi connectivity index (χ3v) is 8.79. The summed E-state index contributed by atoms with van der Waals surface area (Å²) in [4.78, 5) is 23.8. The number of halogens is 4. The first kappa shape index (κ1) is 23.8. The minimum atomic E-state index is -4.73. The van der Waals surface area contributed by atoms with Crippen molar-refractivity contribution in [2.45, 2.75) is 70.6 Å². The number of hydrogen-bond donors (Lipinski definition) is 1. The maximum absolute atomic E-state index is 13.6. The lowest BCUT2D eigenvalue weighted by Gasteiger charge is -2.56. The summed E-state index contributed by atoms with van der Waals surface area (Å²) in [5, 5.41) is 3.06. The van der Waals surface area contributed by atoms with Gasteiger partial charge in [-0.2, -0.15) is 13.2 Å². The molecule has 1 amide bonds. The van der Waals surface area contributed by atoms with Crippen LogP contribution >= 0.6 is 0 Å². The maximum Gasteiger partial charge on any atom is 0.419 e. The van der Waals surface area contributed by atoms with Gasteiger partial charge in [0.1, 0.15) is 18.0 Å². The highest BCUT2D eigenvalue weighted by Crippen LogP contribution is 2.61. The Labute approximate surface area is 207 Å². The summed E-state index contributed by atoms with van der Waals surface area (Å²) in [7, 11) is 0. The van der Waals surface area contributed by atoms with E-state index in [1.807, 2.05) is 4.90 Å². The number of rotatable bonds is 5. The van der Waals surface area contributed by atoms with Crippen molar-refractivity contribution in [1.29, 1.82) is 0 Å². The lowest BCUT2D eigenvalue weighted by atomic mass is 9.49. The second-order valence-corrected chi connectivity index (χ2v) is 11.6. The number of nitrogens with one attached hydrogen (secondary N) is 1. The Bertz CT molecular complexity index is 1150. The van der Waals surface area contributed by atoms with Crippen LogP contribution in [0.1, 0.15) is 67.3 Å². The molecule has 0 radical (unpaired) electrons. The Hall–Kier alpha value is -2.55. The molecular formula is C27H30F4N4O. The first-order chi connectivity index (χ1) is 17.2. The number of benzene rings is 1. The van der Waals surface area contributed by atoms with Crippen LogP contribution in [-0.4, -0.2) is 27.3 Å². The third-order valence-electron chi connectivity index (χ3n) is 8.79. The predicted molar refractivity (Wildman–Crippen MR) is 125 cm³/mol. The van der Waals surface area contributed by atoms with Crippen molar-refractivity contribution in [2.75, 3.05) is 11.9 Å². The molecule has 2 aromatic rings. The van der Waals surface area contributed by atoms with Crippen molar-refractivity contribution in [3.63, 3.8) is 0 Å². The van der Waals surface area contributed by atoms with E-state index in [0.717, 1.165) is 41.1 Å². The Morgan fingerprint density at radius 3 is 2.44 bits per heavy atom. The van der Waals surface area contributed by atoms with Gasteiger partial charge in [0, 0.05) is 31.6 Å². The summed E-state index contributed by atoms with van der Waals surface area (Å²) in [5.41, 5.74) is 0.948. The van der Waals surface area contributed by atoms with Crippen LogP contribution in [0.2, 0.25) is 0 Å². The van der Waals surface area contributed by atoms with Crippen molar-refractivity contribution in [3.05, 3.63) is 52.7 Å². The largest absolute Gasteiger partial charge is 0.419 e. The SMILES string of the molecule is O=C(CC12CC3CC(CC(C3)C1)C2)Nc1ncnc2c1CCN(Cc1ccc(F)c(C(F)(F)F)c1)C2. The number of nitrogens with zero attached hydrogens (tertiary/aromatic N) is 3. The number of hydrogen-bond acceptors (Lipinski definition) is 4. The summed E-state index contributed by atoms with van der Waals surface area (Å²) in [6, 6.07) is 3.13. The van der Waals surface area contributed by atoms with Crippen molar-refractivity contribution in [2.24, 2.45) is 23.2 Å². The van der Waals surface area contributed by atoms with Gasteiger partial charge in [0.05, 0.1) is 11.3 Å². The Morgan fingerprint density at radius 1 is 1.08 bits per heavy atom. The highest BCUT2D eigenvalue weighted by Gasteiger charge is 2.51. The summed E-state index contributed by atoms with van der Waals surface area (Å²) < 4.78 is 52.9. The van der Waals surface area contributed by atoms with E-state index in [1.165, 1.54) is 50.9 Å². The fourth-order valence-electron chi connectivity index (χ4n) is 7.82. The molecule has 4 fully saturated rings. The number of anilines is 1. The first-order valence-electron chi connectivity index (χ1n) is 12.9. The summed E-state index contributed by atoms with van der Waals surface area (Å²) >= 11 is 0. The molecule has 1 aromatic heterocycles. The van der Waals surface area contributed by atoms with E-state index in [-0.39, 0.29) is 17.9 Å². The molecule has 4 aliphatic carbocycles. The van der Waals surface area contributed by atoms with Gasteiger partial charge in [-0.25, -0.2) is 14.4 Å². The standard InChI is InChI=1S/C27H30F4N4O/c28-22-2-1-16(8-21(22)27(29,30)31)13-35-4-3-20-23(14-35)32-15-33-25(20)34-24(36)12-26-9-17-5-18(10-26)7-19(6-17)11-26/h1-2,8,15,17-19H,3-7,9-14H2,(H,32,33,34,36). The molecular weight excluding hydrogens is 472 g/mol. The van der Waals surface area contributed by atoms with Crippen molar-refractivity contribution < 1.29 is 22.4 Å². The van der Waals surface area contributed by atoms with E-state index >= 15 is 0 Å². The first-order valence-corrected chi connectivity index (χ1v) is 12.9. The van der Waals surface area contributed by atoms with Crippen LogP contribution < -0.4 is 5.32 Å². The number of carbonyl (C=O) groups excluding carboxylic acids is 1. The summed E-state index contributed by atoms with van der Waals surface area (Å²) in [6.07, 6.45) is 5.36. The fraction of sp³-hybridized carbons (Fsp3) is 0.593. The fourth-order valence-corrected chi connectivity index (χ4v) is 7.82. The molecule has 1 aromatic carbocycles. The molecule has 36 heavy (non-hydrogen) atoms. The number of amides is 1. The van der Waals surface area contributed by atoms with E-state index in [9.17, 15) is 22.4 Å². The molecule has 5 aliphatic rings. The zero-order valence-electron chi connectivity index (χ0n) is 20.1. The molecule has 9 heteroatoms. The zero-order valence-corrected chi connectivity index (χ0v) is 20.1. The average Bonchev–Trinajstić information content (AvgIpc) is 2.78. The molecule has 1 N–H and O–H groups in total. The van der Waals surface area contributed by atoms with Crippen LogP contribution in [0.5, 0.6) is 0 Å². The van der Waals surface area contributed by atoms with Gasteiger partial charge in [-0.15, -0.1) is 0 Å². The zero-order chi connectivity index (χ0) is 25.1. The molecule has 2 heterocycles. The van der Waals surface area contributed by atoms with Crippen LogP contribution in [0, 0.1) is 29.0 Å². The van der Waals surface area contributed by atoms with Gasteiger partial charge in [0.15, 0.2) is 0 Å². The minimum absolute atomic E-state index is 0.0197. The lowest BCUT2D eigenvalue weighted by molar-refractivity contribution is -0.140. The molecule has 0 atom stereocenters. The average molecular weight is 503 g/mol. The van der Waals surface area contributed by atoms with E-state index in [2.05, 4.69) is 15.3 Å². The molecule has 192 valence electrons. The maximum atomic E-state index is 13.6. The number of fused-ring (bicyclic) bond motifs is 1. The van der Waals surface area contributed by atoms with Gasteiger partial charge in [-0.05, 0) is 85.8 Å². The lowest BCUT2D eigenvalue weighted by Crippen LogP contribution is -2.47. The smallest absolute Gasteiger partial charge is 0.310 e. The van der Waals surface area contributed by atoms with Crippen LogP contribution in [-0.2, 0) is 30.5 Å². The number of aromatic nitrogens is 2. The highest BCUT2D eigenvalue weighted by molar-refractivity contribution is 5.91. The van der Waals surface area contributed by atoms with Crippen molar-refractivity contribution >= 4 is 11.7 Å². The summed E-state index contributed by atoms with van der Waals surface area (Å²) in [5.74, 6) is 1.67. The van der Waals surface area contributed by atoms with Gasteiger partial charge < -0.3 is 5.32 Å². The molecule has 7 rings (SSSR count). The third kappa shape index (κ3) is 4.62. The second-order valence-electron chi connectivity index (χ2n) is 11.6. The van der Waals surface area contributed by atoms with Crippen LogP contribution in [0.3, 0.4) is 0 Å². The Morgan fingerprint density at radius 2 is 1.78 bits per heavy atom. The summed E-state index contributed by atoms with van der Waals surface area (Å²) in [6.45, 7) is 1.26. The van der Waals surface area contributed by atoms with Gasteiger partial charge in [-0.1, -0.05) is 6.07 Å². The normalized spacial score (nSPS) is 29.3. The Balaban J connectivity index is 1.12. The molecule has 5 nitrogen and oxygen atoms in total. The van der Waals surface area contributed by atoms with Gasteiger partial charge in [0.25, 0.3) is 0 Å². The molecule has 4 saturated carbocycles. The van der Waals surface area contributed by atoms with Crippen LogP contribution in [0.15, 0.2) is 24.5 Å². The van der Waals surface area contributed by atoms with Gasteiger partial charge >= 0.3 is 6.18 Å². The Kier molecular flexibility index (Phi) is 5.81. The van der Waals surface area contributed by atoms with Gasteiger partial charge in [-0.3, -0.25) is 9.69 Å². The molecule has 4 bridgehead atoms. The monoisotopic (exact) mass is 502 g/mol. The van der Waals surface area contributed by atoms with Gasteiger partial charge in [0.2, 0.25) is 5.91 Å². The number of alkyl halides is 3. The van der Waals surface area contributed by atoms with Crippen molar-refractivity contribution in [1.82, 2.24) is 14.9 Å². The van der Waals surface area contributed by atoms with E-state index < -0.39 is 17.6 Å². The number of carbonyl (C=O) groups is 1. The van der Waals surface area contributed by atoms with E-state index in [1.54, 1.807) is 0 Å². The second kappa shape index (κ2) is 8.78. The quantitative estimate of drug-likeness (QED) is 0.530. The topological polar surface area (TPSA) is 58.1 Å². The van der Waals surface area contributed by atoms with E-state index in [0.29, 0.717) is 37.3 Å². The van der Waals surface area contributed by atoms with Crippen molar-refractivity contribution in [3.8, 4) is 0 Å². The van der Waals surface area contributed by atoms with Crippen LogP contribution in [0.4, 0.5) is 23.4 Å². The highest BCUT2D eigenvalue weighted by atomic mass is 19.4. The molecule has 0 spiro atoms. The molecule has 0 unspecified atom stereocenters. The van der Waals surface area contributed by atoms with E-state index in [4.69, 9.17) is 0 Å².